The zero-order chi connectivity index (χ0) is 15.7. The second-order valence-electron chi connectivity index (χ2n) is 5.72. The lowest BCUT2D eigenvalue weighted by Gasteiger charge is -2.16. The van der Waals surface area contributed by atoms with Crippen molar-refractivity contribution in [3.05, 3.63) is 0 Å². The zero-order valence-corrected chi connectivity index (χ0v) is 13.9. The summed E-state index contributed by atoms with van der Waals surface area (Å²) >= 11 is 0. The monoisotopic (exact) mass is 295 g/mol. The van der Waals surface area contributed by atoms with Crippen LogP contribution in [0.25, 0.3) is 0 Å². The Kier molecular flexibility index (Phi) is 7.79. The van der Waals surface area contributed by atoms with E-state index in [1.807, 2.05) is 0 Å². The molecule has 0 amide bonds. The van der Waals surface area contributed by atoms with Gasteiger partial charge in [-0.25, -0.2) is 0 Å². The largest absolute Gasteiger partial charge is 0.463 e. The van der Waals surface area contributed by atoms with Crippen LogP contribution in [0.4, 0.5) is 11.9 Å². The van der Waals surface area contributed by atoms with Crippen molar-refractivity contribution in [2.24, 2.45) is 5.92 Å². The van der Waals surface area contributed by atoms with Crippen LogP contribution in [0.5, 0.6) is 6.01 Å². The van der Waals surface area contributed by atoms with E-state index < -0.39 is 0 Å². The van der Waals surface area contributed by atoms with E-state index in [9.17, 15) is 0 Å². The Bertz CT molecular complexity index is 385. The number of nitrogens with zero attached hydrogens (tertiary/aromatic N) is 3. The Balaban J connectivity index is 2.79. The summed E-state index contributed by atoms with van der Waals surface area (Å²) in [4.78, 5) is 13.0. The van der Waals surface area contributed by atoms with Gasteiger partial charge in [-0.3, -0.25) is 0 Å². The third-order valence-corrected chi connectivity index (χ3v) is 2.78. The van der Waals surface area contributed by atoms with E-state index in [-0.39, 0.29) is 0 Å². The van der Waals surface area contributed by atoms with Gasteiger partial charge in [0.15, 0.2) is 0 Å². The lowest BCUT2D eigenvalue weighted by atomic mass is 10.1. The first-order valence-electron chi connectivity index (χ1n) is 7.94. The highest BCUT2D eigenvalue weighted by molar-refractivity contribution is 5.36. The fraction of sp³-hybridized carbons (Fsp3) is 0.800. The Morgan fingerprint density at radius 3 is 2.33 bits per heavy atom. The number of ether oxygens (including phenoxy) is 1. The highest BCUT2D eigenvalue weighted by Crippen LogP contribution is 2.14. The van der Waals surface area contributed by atoms with Crippen LogP contribution in [-0.4, -0.2) is 34.1 Å². The van der Waals surface area contributed by atoms with E-state index in [4.69, 9.17) is 4.74 Å². The minimum absolute atomic E-state index is 0.311. The van der Waals surface area contributed by atoms with Crippen LogP contribution in [0.15, 0.2) is 0 Å². The Labute approximate surface area is 128 Å². The van der Waals surface area contributed by atoms with Crippen LogP contribution in [0.3, 0.4) is 0 Å². The van der Waals surface area contributed by atoms with Gasteiger partial charge in [0.05, 0.1) is 6.61 Å². The van der Waals surface area contributed by atoms with E-state index in [1.165, 1.54) is 0 Å². The number of hydrogen-bond acceptors (Lipinski definition) is 6. The molecule has 1 unspecified atom stereocenters. The molecule has 1 aromatic heterocycles. The van der Waals surface area contributed by atoms with Gasteiger partial charge >= 0.3 is 6.01 Å². The third kappa shape index (κ3) is 7.11. The van der Waals surface area contributed by atoms with Gasteiger partial charge in [0.2, 0.25) is 11.9 Å². The number of anilines is 2. The van der Waals surface area contributed by atoms with Crippen LogP contribution in [-0.2, 0) is 0 Å². The molecule has 0 radical (unpaired) electrons. The highest BCUT2D eigenvalue weighted by Gasteiger charge is 2.11. The summed E-state index contributed by atoms with van der Waals surface area (Å²) in [5.74, 6) is 1.77. The minimum Gasteiger partial charge on any atom is -0.463 e. The molecular weight excluding hydrogens is 266 g/mol. The van der Waals surface area contributed by atoms with Gasteiger partial charge in [0, 0.05) is 12.6 Å². The van der Waals surface area contributed by atoms with Gasteiger partial charge in [0.1, 0.15) is 0 Å². The van der Waals surface area contributed by atoms with Gasteiger partial charge in [-0.15, -0.1) is 0 Å². The standard InChI is InChI=1S/C15H29N5O/c1-6-8-16-13-18-14(17-12(5)10-11(3)4)20-15(19-13)21-9-7-2/h11-12H,6-10H2,1-5H3,(H2,16,17,18,19,20). The molecule has 0 aliphatic carbocycles. The normalized spacial score (nSPS) is 12.3. The van der Waals surface area contributed by atoms with E-state index in [2.05, 4.69) is 60.2 Å². The molecule has 0 saturated heterocycles. The van der Waals surface area contributed by atoms with E-state index >= 15 is 0 Å². The van der Waals surface area contributed by atoms with Crippen LogP contribution in [0.1, 0.15) is 53.9 Å². The molecule has 1 rings (SSSR count). The first-order valence-corrected chi connectivity index (χ1v) is 7.94. The van der Waals surface area contributed by atoms with Crippen molar-refractivity contribution in [3.63, 3.8) is 0 Å². The SMILES string of the molecule is CCCNc1nc(NC(C)CC(C)C)nc(OCCC)n1. The molecule has 6 nitrogen and oxygen atoms in total. The molecule has 0 bridgehead atoms. The average molecular weight is 295 g/mol. The maximum absolute atomic E-state index is 5.54. The Morgan fingerprint density at radius 2 is 1.71 bits per heavy atom. The first kappa shape index (κ1) is 17.5. The Morgan fingerprint density at radius 1 is 1.00 bits per heavy atom. The molecule has 0 spiro atoms. The van der Waals surface area contributed by atoms with Gasteiger partial charge in [-0.2, -0.15) is 15.0 Å². The molecule has 0 aromatic carbocycles. The number of rotatable bonds is 10. The number of nitrogens with one attached hydrogen (secondary N) is 2. The highest BCUT2D eigenvalue weighted by atomic mass is 16.5. The molecule has 2 N–H and O–H groups in total. The molecule has 0 aliphatic rings. The van der Waals surface area contributed by atoms with E-state index in [1.54, 1.807) is 0 Å². The van der Waals surface area contributed by atoms with E-state index in [0.29, 0.717) is 36.5 Å². The second kappa shape index (κ2) is 9.37. The molecule has 120 valence electrons. The van der Waals surface area contributed by atoms with Crippen molar-refractivity contribution in [1.29, 1.82) is 0 Å². The summed E-state index contributed by atoms with van der Waals surface area (Å²) in [5.41, 5.74) is 0. The molecular formula is C15H29N5O. The first-order chi connectivity index (χ1) is 10.0. The van der Waals surface area contributed by atoms with Crippen LogP contribution in [0, 0.1) is 5.92 Å². The molecule has 0 aliphatic heterocycles. The smallest absolute Gasteiger partial charge is 0.323 e. The molecule has 6 heteroatoms. The fourth-order valence-corrected chi connectivity index (χ4v) is 1.98. The summed E-state index contributed by atoms with van der Waals surface area (Å²) in [6.45, 7) is 12.1. The molecule has 1 aromatic rings. The van der Waals surface area contributed by atoms with Gasteiger partial charge in [-0.1, -0.05) is 27.7 Å². The summed E-state index contributed by atoms with van der Waals surface area (Å²) in [7, 11) is 0. The molecule has 0 fully saturated rings. The number of hydrogen-bond donors (Lipinski definition) is 2. The number of aromatic nitrogens is 3. The maximum atomic E-state index is 5.54. The summed E-state index contributed by atoms with van der Waals surface area (Å²) in [5, 5.41) is 6.51. The Hall–Kier alpha value is -1.59. The second-order valence-corrected chi connectivity index (χ2v) is 5.72. The van der Waals surface area contributed by atoms with Gasteiger partial charge in [0.25, 0.3) is 0 Å². The van der Waals surface area contributed by atoms with Gasteiger partial charge < -0.3 is 15.4 Å². The van der Waals surface area contributed by atoms with Gasteiger partial charge in [-0.05, 0) is 32.1 Å². The quantitative estimate of drug-likeness (QED) is 0.690. The summed E-state index contributed by atoms with van der Waals surface area (Å²) in [6.07, 6.45) is 3.01. The van der Waals surface area contributed by atoms with E-state index in [0.717, 1.165) is 25.8 Å². The molecule has 21 heavy (non-hydrogen) atoms. The third-order valence-electron chi connectivity index (χ3n) is 2.78. The van der Waals surface area contributed by atoms with Crippen molar-refractivity contribution >= 4 is 11.9 Å². The fourth-order valence-electron chi connectivity index (χ4n) is 1.98. The van der Waals surface area contributed by atoms with Crippen molar-refractivity contribution in [2.75, 3.05) is 23.8 Å². The summed E-state index contributed by atoms with van der Waals surface area (Å²) in [6, 6.07) is 0.690. The van der Waals surface area contributed by atoms with Crippen molar-refractivity contribution in [2.45, 2.75) is 59.9 Å². The van der Waals surface area contributed by atoms with Crippen molar-refractivity contribution in [1.82, 2.24) is 15.0 Å². The topological polar surface area (TPSA) is 72.0 Å². The van der Waals surface area contributed by atoms with Crippen LogP contribution >= 0.6 is 0 Å². The minimum atomic E-state index is 0.311. The van der Waals surface area contributed by atoms with Crippen molar-refractivity contribution in [3.8, 4) is 6.01 Å². The van der Waals surface area contributed by atoms with Crippen molar-refractivity contribution < 1.29 is 4.74 Å². The molecule has 0 saturated carbocycles. The predicted molar refractivity (Wildman–Crippen MR) is 86.9 cm³/mol. The lowest BCUT2D eigenvalue weighted by molar-refractivity contribution is 0.292. The lowest BCUT2D eigenvalue weighted by Crippen LogP contribution is -2.20. The average Bonchev–Trinajstić information content (AvgIpc) is 2.41. The summed E-state index contributed by atoms with van der Waals surface area (Å²) < 4.78 is 5.54. The molecule has 1 heterocycles. The predicted octanol–water partition coefficient (Wildman–Crippen LogP) is 3.33. The van der Waals surface area contributed by atoms with Crippen LogP contribution in [0.2, 0.25) is 0 Å². The molecule has 1 atom stereocenters. The maximum Gasteiger partial charge on any atom is 0.323 e. The van der Waals surface area contributed by atoms with Crippen LogP contribution < -0.4 is 15.4 Å². The zero-order valence-electron chi connectivity index (χ0n) is 13.9.